The SMILES string of the molecule is O=C1NC(=O)C2(CCC(Nc3ncnc4sccc34)CC2)N1. The third-order valence-electron chi connectivity index (χ3n) is 4.46. The van der Waals surface area contributed by atoms with Crippen LogP contribution in [0.15, 0.2) is 17.8 Å². The van der Waals surface area contributed by atoms with Gasteiger partial charge in [-0.05, 0) is 37.1 Å². The van der Waals surface area contributed by atoms with Gasteiger partial charge in [-0.1, -0.05) is 0 Å². The van der Waals surface area contributed by atoms with E-state index in [9.17, 15) is 9.59 Å². The standard InChI is InChI=1S/C14H15N5O2S/c20-12-14(19-13(21)18-12)4-1-8(2-5-14)17-10-9-3-6-22-11(9)16-7-15-10/h3,6-8H,1-2,4-5H2,(H,15,16,17)(H2,18,19,20,21). The van der Waals surface area contributed by atoms with E-state index in [2.05, 4.69) is 25.9 Å². The number of imide groups is 1. The number of amides is 3. The van der Waals surface area contributed by atoms with Crippen molar-refractivity contribution < 1.29 is 9.59 Å². The Labute approximate surface area is 130 Å². The molecule has 1 aliphatic heterocycles. The molecule has 8 heteroatoms. The number of fused-ring (bicyclic) bond motifs is 1. The Kier molecular flexibility index (Phi) is 3.00. The van der Waals surface area contributed by atoms with E-state index in [1.54, 1.807) is 17.7 Å². The third kappa shape index (κ3) is 2.10. The molecule has 7 nitrogen and oxygen atoms in total. The number of rotatable bonds is 2. The van der Waals surface area contributed by atoms with Crippen LogP contribution in [-0.2, 0) is 4.79 Å². The lowest BCUT2D eigenvalue weighted by Gasteiger charge is -2.35. The van der Waals surface area contributed by atoms with Gasteiger partial charge in [0, 0.05) is 6.04 Å². The number of carbonyl (C=O) groups is 2. The number of urea groups is 1. The highest BCUT2D eigenvalue weighted by Crippen LogP contribution is 2.33. The van der Waals surface area contributed by atoms with E-state index in [1.807, 2.05) is 11.4 Å². The minimum atomic E-state index is -0.710. The molecule has 0 aromatic carbocycles. The lowest BCUT2D eigenvalue weighted by Crippen LogP contribution is -2.51. The average Bonchev–Trinajstić information content (AvgIpc) is 3.08. The van der Waals surface area contributed by atoms with E-state index in [1.165, 1.54) is 0 Å². The highest BCUT2D eigenvalue weighted by Gasteiger charge is 2.48. The smallest absolute Gasteiger partial charge is 0.322 e. The van der Waals surface area contributed by atoms with Crippen LogP contribution in [0.4, 0.5) is 10.6 Å². The Hall–Kier alpha value is -2.22. The summed E-state index contributed by atoms with van der Waals surface area (Å²) in [5.74, 6) is 0.644. The molecule has 2 aromatic rings. The number of hydrogen-bond acceptors (Lipinski definition) is 6. The summed E-state index contributed by atoms with van der Waals surface area (Å²) in [6.45, 7) is 0. The fourth-order valence-corrected chi connectivity index (χ4v) is 3.97. The molecular formula is C14H15N5O2S. The van der Waals surface area contributed by atoms with Crippen LogP contribution >= 0.6 is 11.3 Å². The van der Waals surface area contributed by atoms with Crippen LogP contribution in [0.5, 0.6) is 0 Å². The second-order valence-electron chi connectivity index (χ2n) is 5.77. The summed E-state index contributed by atoms with van der Waals surface area (Å²) in [6.07, 6.45) is 4.46. The van der Waals surface area contributed by atoms with Crippen LogP contribution in [-0.4, -0.2) is 33.5 Å². The van der Waals surface area contributed by atoms with Gasteiger partial charge in [0.05, 0.1) is 5.39 Å². The Morgan fingerprint density at radius 1 is 1.27 bits per heavy atom. The fraction of sp³-hybridized carbons (Fsp3) is 0.429. The van der Waals surface area contributed by atoms with Crippen molar-refractivity contribution in [2.75, 3.05) is 5.32 Å². The predicted octanol–water partition coefficient (Wildman–Crippen LogP) is 1.62. The van der Waals surface area contributed by atoms with E-state index in [-0.39, 0.29) is 18.0 Å². The molecule has 3 N–H and O–H groups in total. The Bertz CT molecular complexity index is 751. The van der Waals surface area contributed by atoms with Gasteiger partial charge in [-0.2, -0.15) is 0 Å². The van der Waals surface area contributed by atoms with Gasteiger partial charge in [-0.15, -0.1) is 11.3 Å². The molecular weight excluding hydrogens is 302 g/mol. The minimum absolute atomic E-state index is 0.196. The molecule has 3 heterocycles. The van der Waals surface area contributed by atoms with E-state index in [4.69, 9.17) is 0 Å². The molecule has 2 fully saturated rings. The monoisotopic (exact) mass is 317 g/mol. The van der Waals surface area contributed by atoms with Crippen molar-refractivity contribution in [1.82, 2.24) is 20.6 Å². The van der Waals surface area contributed by atoms with Gasteiger partial charge >= 0.3 is 6.03 Å². The molecule has 1 spiro atoms. The Balaban J connectivity index is 1.47. The zero-order valence-corrected chi connectivity index (χ0v) is 12.6. The van der Waals surface area contributed by atoms with Crippen molar-refractivity contribution in [2.45, 2.75) is 37.3 Å². The van der Waals surface area contributed by atoms with Crippen LogP contribution in [0.2, 0.25) is 0 Å². The average molecular weight is 317 g/mol. The summed E-state index contributed by atoms with van der Waals surface area (Å²) in [6, 6.07) is 1.87. The largest absolute Gasteiger partial charge is 0.367 e. The van der Waals surface area contributed by atoms with Crippen molar-refractivity contribution in [3.63, 3.8) is 0 Å². The van der Waals surface area contributed by atoms with E-state index < -0.39 is 5.54 Å². The van der Waals surface area contributed by atoms with Gasteiger partial charge in [0.2, 0.25) is 0 Å². The van der Waals surface area contributed by atoms with Crippen molar-refractivity contribution in [3.05, 3.63) is 17.8 Å². The second kappa shape index (κ2) is 4.91. The topological polar surface area (TPSA) is 96.0 Å². The van der Waals surface area contributed by atoms with Gasteiger partial charge in [0.1, 0.15) is 22.5 Å². The first-order chi connectivity index (χ1) is 10.7. The summed E-state index contributed by atoms with van der Waals surface area (Å²) >= 11 is 1.59. The molecule has 0 atom stereocenters. The predicted molar refractivity (Wildman–Crippen MR) is 82.7 cm³/mol. The van der Waals surface area contributed by atoms with E-state index in [0.717, 1.165) is 28.9 Å². The number of aromatic nitrogens is 2. The summed E-state index contributed by atoms with van der Waals surface area (Å²) in [7, 11) is 0. The molecule has 114 valence electrons. The van der Waals surface area contributed by atoms with Crippen LogP contribution in [0.3, 0.4) is 0 Å². The molecule has 0 unspecified atom stereocenters. The Morgan fingerprint density at radius 2 is 2.09 bits per heavy atom. The highest BCUT2D eigenvalue weighted by molar-refractivity contribution is 7.16. The van der Waals surface area contributed by atoms with Crippen LogP contribution in [0.25, 0.3) is 10.2 Å². The van der Waals surface area contributed by atoms with Crippen LogP contribution < -0.4 is 16.0 Å². The van der Waals surface area contributed by atoms with Gasteiger partial charge in [0.15, 0.2) is 0 Å². The summed E-state index contributed by atoms with van der Waals surface area (Å²) in [5, 5.41) is 11.6. The van der Waals surface area contributed by atoms with Crippen molar-refractivity contribution in [2.24, 2.45) is 0 Å². The van der Waals surface area contributed by atoms with Gasteiger partial charge < -0.3 is 10.6 Å². The maximum Gasteiger partial charge on any atom is 0.322 e. The van der Waals surface area contributed by atoms with Crippen LogP contribution in [0, 0.1) is 0 Å². The quantitative estimate of drug-likeness (QED) is 0.732. The highest BCUT2D eigenvalue weighted by atomic mass is 32.1. The third-order valence-corrected chi connectivity index (χ3v) is 5.28. The van der Waals surface area contributed by atoms with Crippen molar-refractivity contribution in [3.8, 4) is 0 Å². The van der Waals surface area contributed by atoms with Gasteiger partial charge in [-0.3, -0.25) is 10.1 Å². The molecule has 0 bridgehead atoms. The molecule has 1 saturated heterocycles. The van der Waals surface area contributed by atoms with Crippen LogP contribution in [0.1, 0.15) is 25.7 Å². The maximum absolute atomic E-state index is 11.9. The number of nitrogens with zero attached hydrogens (tertiary/aromatic N) is 2. The van der Waals surface area contributed by atoms with Crippen molar-refractivity contribution in [1.29, 1.82) is 0 Å². The first-order valence-corrected chi connectivity index (χ1v) is 8.13. The zero-order chi connectivity index (χ0) is 15.2. The molecule has 2 aromatic heterocycles. The fourth-order valence-electron chi connectivity index (χ4n) is 3.23. The van der Waals surface area contributed by atoms with E-state index >= 15 is 0 Å². The number of thiophene rings is 1. The first kappa shape index (κ1) is 13.4. The lowest BCUT2D eigenvalue weighted by atomic mass is 9.79. The second-order valence-corrected chi connectivity index (χ2v) is 6.67. The number of nitrogens with one attached hydrogen (secondary N) is 3. The molecule has 4 rings (SSSR count). The zero-order valence-electron chi connectivity index (χ0n) is 11.8. The number of anilines is 1. The van der Waals surface area contributed by atoms with E-state index in [0.29, 0.717) is 12.8 Å². The number of hydrogen-bond donors (Lipinski definition) is 3. The minimum Gasteiger partial charge on any atom is -0.367 e. The van der Waals surface area contributed by atoms with Crippen molar-refractivity contribution >= 4 is 39.3 Å². The maximum atomic E-state index is 11.9. The molecule has 22 heavy (non-hydrogen) atoms. The lowest BCUT2D eigenvalue weighted by molar-refractivity contribution is -0.125. The molecule has 2 aliphatic rings. The molecule has 1 aliphatic carbocycles. The number of carbonyl (C=O) groups excluding carboxylic acids is 2. The first-order valence-electron chi connectivity index (χ1n) is 7.25. The Morgan fingerprint density at radius 3 is 2.82 bits per heavy atom. The molecule has 0 radical (unpaired) electrons. The normalized spacial score (nSPS) is 27.9. The molecule has 1 saturated carbocycles. The summed E-state index contributed by atoms with van der Waals surface area (Å²) < 4.78 is 0. The van der Waals surface area contributed by atoms with Gasteiger partial charge in [-0.25, -0.2) is 14.8 Å². The van der Waals surface area contributed by atoms with Gasteiger partial charge in [0.25, 0.3) is 5.91 Å². The molecule has 3 amide bonds. The summed E-state index contributed by atoms with van der Waals surface area (Å²) in [4.78, 5) is 32.8. The summed E-state index contributed by atoms with van der Waals surface area (Å²) in [5.41, 5.74) is -0.710.